The number of nitrogens with zero attached hydrogens (tertiary/aromatic N) is 1. The van der Waals surface area contributed by atoms with Crippen LogP contribution in [0.15, 0.2) is 35.9 Å². The molecule has 1 aliphatic heterocycles. The summed E-state index contributed by atoms with van der Waals surface area (Å²) >= 11 is 1.22. The van der Waals surface area contributed by atoms with E-state index in [2.05, 4.69) is 6.92 Å². The molecule has 2 rings (SSSR count). The van der Waals surface area contributed by atoms with Crippen molar-refractivity contribution < 1.29 is 23.8 Å². The SMILES string of the molecule is CCCCCCOc1ccc(C2(C(=O)OCC)SC=CN2C(=O)OCC)cc1. The van der Waals surface area contributed by atoms with Crippen molar-refractivity contribution in [2.75, 3.05) is 19.8 Å². The number of hydrogen-bond donors (Lipinski definition) is 0. The van der Waals surface area contributed by atoms with Gasteiger partial charge in [-0.2, -0.15) is 0 Å². The van der Waals surface area contributed by atoms with Gasteiger partial charge in [0.2, 0.25) is 4.87 Å². The number of hydrogen-bond acceptors (Lipinski definition) is 6. The van der Waals surface area contributed by atoms with E-state index in [1.54, 1.807) is 37.6 Å². The largest absolute Gasteiger partial charge is 0.494 e. The molecule has 0 aliphatic carbocycles. The van der Waals surface area contributed by atoms with Crippen molar-refractivity contribution in [3.63, 3.8) is 0 Å². The van der Waals surface area contributed by atoms with Crippen LogP contribution in [0.3, 0.4) is 0 Å². The van der Waals surface area contributed by atoms with Gasteiger partial charge in [-0.3, -0.25) is 4.90 Å². The minimum Gasteiger partial charge on any atom is -0.494 e. The fraction of sp³-hybridized carbons (Fsp3) is 0.524. The first-order chi connectivity index (χ1) is 13.6. The molecule has 0 radical (unpaired) electrons. The Bertz CT molecular complexity index is 676. The van der Waals surface area contributed by atoms with Crippen LogP contribution >= 0.6 is 11.8 Å². The molecule has 1 amide bonds. The van der Waals surface area contributed by atoms with Crippen LogP contribution in [-0.2, 0) is 19.1 Å². The zero-order chi connectivity index (χ0) is 20.4. The molecule has 1 atom stereocenters. The number of unbranched alkanes of at least 4 members (excludes halogenated alkanes) is 3. The second-order valence-electron chi connectivity index (χ2n) is 6.27. The summed E-state index contributed by atoms with van der Waals surface area (Å²) in [6.07, 6.45) is 5.52. The predicted octanol–water partition coefficient (Wildman–Crippen LogP) is 5.04. The minimum absolute atomic E-state index is 0.219. The lowest BCUT2D eigenvalue weighted by Crippen LogP contribution is -2.48. The molecule has 154 valence electrons. The zero-order valence-corrected chi connectivity index (χ0v) is 17.6. The Kier molecular flexibility index (Phi) is 8.70. The van der Waals surface area contributed by atoms with Crippen molar-refractivity contribution in [3.8, 4) is 5.75 Å². The van der Waals surface area contributed by atoms with Crippen molar-refractivity contribution in [2.45, 2.75) is 51.3 Å². The molecule has 0 aromatic heterocycles. The number of thioether (sulfide) groups is 1. The number of amides is 1. The number of rotatable bonds is 10. The van der Waals surface area contributed by atoms with Crippen molar-refractivity contribution in [1.29, 1.82) is 0 Å². The molecular weight excluding hydrogens is 378 g/mol. The van der Waals surface area contributed by atoms with Gasteiger partial charge in [-0.1, -0.05) is 50.1 Å². The van der Waals surface area contributed by atoms with Gasteiger partial charge in [-0.15, -0.1) is 0 Å². The van der Waals surface area contributed by atoms with Crippen LogP contribution in [-0.4, -0.2) is 36.8 Å². The first kappa shape index (κ1) is 22.1. The van der Waals surface area contributed by atoms with Crippen LogP contribution in [0.5, 0.6) is 5.75 Å². The monoisotopic (exact) mass is 407 g/mol. The lowest BCUT2D eigenvalue weighted by Gasteiger charge is -2.34. The topological polar surface area (TPSA) is 65.1 Å². The van der Waals surface area contributed by atoms with Crippen LogP contribution < -0.4 is 4.74 Å². The van der Waals surface area contributed by atoms with Crippen molar-refractivity contribution in [2.24, 2.45) is 0 Å². The first-order valence-corrected chi connectivity index (χ1v) is 10.7. The Balaban J connectivity index is 2.20. The molecule has 0 fully saturated rings. The maximum atomic E-state index is 12.9. The van der Waals surface area contributed by atoms with E-state index in [9.17, 15) is 9.59 Å². The molecular formula is C21H29NO5S. The Hall–Kier alpha value is -2.15. The first-order valence-electron chi connectivity index (χ1n) is 9.81. The molecule has 0 spiro atoms. The van der Waals surface area contributed by atoms with E-state index in [1.807, 2.05) is 12.1 Å². The average Bonchev–Trinajstić information content (AvgIpc) is 3.15. The molecule has 0 bridgehead atoms. The third kappa shape index (κ3) is 5.01. The highest BCUT2D eigenvalue weighted by Gasteiger charge is 2.52. The van der Waals surface area contributed by atoms with Crippen LogP contribution in [0.25, 0.3) is 0 Å². The van der Waals surface area contributed by atoms with E-state index < -0.39 is 16.9 Å². The molecule has 0 saturated heterocycles. The van der Waals surface area contributed by atoms with E-state index in [4.69, 9.17) is 14.2 Å². The highest BCUT2D eigenvalue weighted by molar-refractivity contribution is 8.03. The molecule has 1 aliphatic rings. The molecule has 6 nitrogen and oxygen atoms in total. The van der Waals surface area contributed by atoms with Crippen LogP contribution in [0.2, 0.25) is 0 Å². The Morgan fingerprint density at radius 2 is 1.71 bits per heavy atom. The number of esters is 1. The summed E-state index contributed by atoms with van der Waals surface area (Å²) in [6.45, 7) is 6.74. The molecule has 0 saturated carbocycles. The third-order valence-electron chi connectivity index (χ3n) is 4.32. The van der Waals surface area contributed by atoms with Gasteiger partial charge in [0.15, 0.2) is 0 Å². The number of benzene rings is 1. The molecule has 7 heteroatoms. The Labute approximate surface area is 171 Å². The van der Waals surface area contributed by atoms with Crippen LogP contribution in [0, 0.1) is 0 Å². The lowest BCUT2D eigenvalue weighted by atomic mass is 10.0. The smallest absolute Gasteiger partial charge is 0.415 e. The van der Waals surface area contributed by atoms with E-state index in [-0.39, 0.29) is 13.2 Å². The van der Waals surface area contributed by atoms with Gasteiger partial charge in [-0.05, 0) is 37.8 Å². The van der Waals surface area contributed by atoms with Crippen molar-refractivity contribution >= 4 is 23.8 Å². The van der Waals surface area contributed by atoms with Crippen LogP contribution in [0.4, 0.5) is 4.79 Å². The van der Waals surface area contributed by atoms with Crippen LogP contribution in [0.1, 0.15) is 52.0 Å². The average molecular weight is 408 g/mol. The Morgan fingerprint density at radius 3 is 2.36 bits per heavy atom. The fourth-order valence-electron chi connectivity index (χ4n) is 2.93. The summed E-state index contributed by atoms with van der Waals surface area (Å²) in [7, 11) is 0. The lowest BCUT2D eigenvalue weighted by molar-refractivity contribution is -0.150. The summed E-state index contributed by atoms with van der Waals surface area (Å²) in [5.74, 6) is 0.226. The van der Waals surface area contributed by atoms with E-state index in [1.165, 1.54) is 29.5 Å². The molecule has 1 aromatic carbocycles. The molecule has 1 heterocycles. The molecule has 0 N–H and O–H groups in total. The summed E-state index contributed by atoms with van der Waals surface area (Å²) in [6, 6.07) is 7.23. The number of carbonyl (C=O) groups excluding carboxylic acids is 2. The van der Waals surface area contributed by atoms with Gasteiger partial charge in [0.1, 0.15) is 5.75 Å². The van der Waals surface area contributed by atoms with E-state index in [0.29, 0.717) is 12.2 Å². The van der Waals surface area contributed by atoms with Gasteiger partial charge in [0.25, 0.3) is 0 Å². The van der Waals surface area contributed by atoms with Gasteiger partial charge >= 0.3 is 12.1 Å². The molecule has 1 unspecified atom stereocenters. The minimum atomic E-state index is -1.33. The van der Waals surface area contributed by atoms with Gasteiger partial charge < -0.3 is 14.2 Å². The summed E-state index contributed by atoms with van der Waals surface area (Å²) in [5, 5.41) is 1.70. The second kappa shape index (κ2) is 11.0. The summed E-state index contributed by atoms with van der Waals surface area (Å²) < 4.78 is 16.2. The summed E-state index contributed by atoms with van der Waals surface area (Å²) in [5.41, 5.74) is 0.632. The third-order valence-corrected chi connectivity index (χ3v) is 5.51. The maximum Gasteiger partial charge on any atom is 0.415 e. The highest BCUT2D eigenvalue weighted by Crippen LogP contribution is 2.47. The van der Waals surface area contributed by atoms with Gasteiger partial charge in [0.05, 0.1) is 19.8 Å². The van der Waals surface area contributed by atoms with E-state index in [0.717, 1.165) is 18.6 Å². The Morgan fingerprint density at radius 1 is 1.00 bits per heavy atom. The standard InChI is InChI=1S/C21H29NO5S/c1-4-7-8-9-15-27-18-12-10-17(11-13-18)21(19(23)25-5-2)22(14-16-28-21)20(24)26-6-3/h10-14,16H,4-9,15H2,1-3H3. The van der Waals surface area contributed by atoms with Gasteiger partial charge in [0, 0.05) is 11.8 Å². The predicted molar refractivity (Wildman–Crippen MR) is 110 cm³/mol. The highest BCUT2D eigenvalue weighted by atomic mass is 32.2. The maximum absolute atomic E-state index is 12.9. The number of carbonyl (C=O) groups is 2. The second-order valence-corrected chi connectivity index (χ2v) is 7.37. The van der Waals surface area contributed by atoms with Crippen molar-refractivity contribution in [3.05, 3.63) is 41.4 Å². The zero-order valence-electron chi connectivity index (χ0n) is 16.8. The molecule has 28 heavy (non-hydrogen) atoms. The van der Waals surface area contributed by atoms with Crippen molar-refractivity contribution in [1.82, 2.24) is 4.90 Å². The summed E-state index contributed by atoms with van der Waals surface area (Å²) in [4.78, 5) is 25.3. The van der Waals surface area contributed by atoms with E-state index >= 15 is 0 Å². The molecule has 1 aromatic rings. The fourth-order valence-corrected chi connectivity index (χ4v) is 3.99. The van der Waals surface area contributed by atoms with Gasteiger partial charge in [-0.25, -0.2) is 9.59 Å². The normalized spacial score (nSPS) is 18.2. The quantitative estimate of drug-likeness (QED) is 0.400. The number of ether oxygens (including phenoxy) is 3.